The van der Waals surface area contributed by atoms with E-state index in [0.29, 0.717) is 18.8 Å². The Kier molecular flexibility index (Phi) is 4.41. The van der Waals surface area contributed by atoms with E-state index < -0.39 is 24.2 Å². The molecule has 0 aliphatic heterocycles. The van der Waals surface area contributed by atoms with Crippen LogP contribution in [0.25, 0.3) is 0 Å². The van der Waals surface area contributed by atoms with Crippen LogP contribution >= 0.6 is 0 Å². The lowest BCUT2D eigenvalue weighted by atomic mass is 9.89. The van der Waals surface area contributed by atoms with Crippen molar-refractivity contribution < 1.29 is 23.1 Å². The molecular weight excluding hydrogens is 235 g/mol. The molecule has 1 aliphatic rings. The average molecular weight is 253 g/mol. The highest BCUT2D eigenvalue weighted by atomic mass is 19.4. The van der Waals surface area contributed by atoms with E-state index in [4.69, 9.17) is 5.11 Å². The zero-order chi connectivity index (χ0) is 13.1. The molecule has 2 N–H and O–H groups in total. The summed E-state index contributed by atoms with van der Waals surface area (Å²) in [5.74, 6) is -0.792. The maximum atomic E-state index is 12.2. The van der Waals surface area contributed by atoms with Crippen molar-refractivity contribution in [3.8, 4) is 0 Å². The Morgan fingerprint density at radius 1 is 1.41 bits per heavy atom. The Morgan fingerprint density at radius 2 is 2.06 bits per heavy atom. The van der Waals surface area contributed by atoms with Crippen LogP contribution in [0.3, 0.4) is 0 Å². The summed E-state index contributed by atoms with van der Waals surface area (Å²) in [4.78, 5) is 11.2. The molecule has 0 heterocycles. The molecule has 6 heteroatoms. The molecule has 0 aromatic carbocycles. The van der Waals surface area contributed by atoms with E-state index in [-0.39, 0.29) is 12.8 Å². The topological polar surface area (TPSA) is 49.3 Å². The van der Waals surface area contributed by atoms with Gasteiger partial charge in [0, 0.05) is 0 Å². The van der Waals surface area contributed by atoms with Gasteiger partial charge < -0.3 is 5.11 Å². The Bertz CT molecular complexity index is 280. The summed E-state index contributed by atoms with van der Waals surface area (Å²) in [6, 6.07) is 0. The van der Waals surface area contributed by atoms with E-state index >= 15 is 0 Å². The van der Waals surface area contributed by atoms with Gasteiger partial charge in [0.1, 0.15) is 5.54 Å². The lowest BCUT2D eigenvalue weighted by Crippen LogP contribution is -2.54. The van der Waals surface area contributed by atoms with Gasteiger partial charge in [-0.3, -0.25) is 10.1 Å². The first kappa shape index (κ1) is 14.3. The van der Waals surface area contributed by atoms with Crippen molar-refractivity contribution in [2.45, 2.75) is 50.7 Å². The number of alkyl halides is 3. The van der Waals surface area contributed by atoms with Crippen LogP contribution in [-0.2, 0) is 4.79 Å². The molecule has 0 spiro atoms. The highest BCUT2D eigenvalue weighted by molar-refractivity contribution is 5.78. The van der Waals surface area contributed by atoms with Crippen molar-refractivity contribution in [3.63, 3.8) is 0 Å². The maximum absolute atomic E-state index is 12.2. The molecular formula is C11H18F3NO2. The lowest BCUT2D eigenvalue weighted by Gasteiger charge is -2.30. The lowest BCUT2D eigenvalue weighted by molar-refractivity contribution is -0.151. The molecule has 0 aromatic heterocycles. The number of aliphatic carboxylic acids is 1. The van der Waals surface area contributed by atoms with Crippen LogP contribution in [0.5, 0.6) is 0 Å². The summed E-state index contributed by atoms with van der Waals surface area (Å²) < 4.78 is 36.5. The maximum Gasteiger partial charge on any atom is 0.401 e. The standard InChI is InChI=1S/C11H18F3NO2/c1-8-3-2-5-10(6-4-8,9(16)17)15-7-11(12,13)14/h8,15H,2-7H2,1H3,(H,16,17). The van der Waals surface area contributed by atoms with Crippen LogP contribution in [0.4, 0.5) is 13.2 Å². The predicted molar refractivity (Wildman–Crippen MR) is 56.7 cm³/mol. The smallest absolute Gasteiger partial charge is 0.401 e. The monoisotopic (exact) mass is 253 g/mol. The average Bonchev–Trinajstić information content (AvgIpc) is 2.37. The van der Waals surface area contributed by atoms with E-state index in [9.17, 15) is 18.0 Å². The Morgan fingerprint density at radius 3 is 2.59 bits per heavy atom. The summed E-state index contributed by atoms with van der Waals surface area (Å²) in [5.41, 5.74) is -1.40. The number of rotatable bonds is 3. The van der Waals surface area contributed by atoms with Gasteiger partial charge >= 0.3 is 12.1 Å². The molecule has 0 bridgehead atoms. The van der Waals surface area contributed by atoms with E-state index in [2.05, 4.69) is 5.32 Å². The summed E-state index contributed by atoms with van der Waals surface area (Å²) in [5, 5.41) is 11.4. The number of hydrogen-bond acceptors (Lipinski definition) is 2. The highest BCUT2D eigenvalue weighted by Gasteiger charge is 2.42. The van der Waals surface area contributed by atoms with E-state index in [0.717, 1.165) is 6.42 Å². The van der Waals surface area contributed by atoms with Gasteiger partial charge in [0.05, 0.1) is 6.54 Å². The number of carbonyl (C=O) groups is 1. The van der Waals surface area contributed by atoms with Crippen molar-refractivity contribution in [3.05, 3.63) is 0 Å². The van der Waals surface area contributed by atoms with Crippen molar-refractivity contribution in [1.29, 1.82) is 0 Å². The molecule has 3 nitrogen and oxygen atoms in total. The Balaban J connectivity index is 2.71. The predicted octanol–water partition coefficient (Wildman–Crippen LogP) is 2.56. The first-order chi connectivity index (χ1) is 7.75. The minimum atomic E-state index is -4.37. The molecule has 1 fully saturated rings. The number of carboxylic acids is 1. The second kappa shape index (κ2) is 5.25. The van der Waals surface area contributed by atoms with Gasteiger partial charge in [-0.15, -0.1) is 0 Å². The molecule has 0 amide bonds. The summed E-state index contributed by atoms with van der Waals surface area (Å²) >= 11 is 0. The summed E-state index contributed by atoms with van der Waals surface area (Å²) in [6.07, 6.45) is -1.67. The van der Waals surface area contributed by atoms with Gasteiger partial charge in [0.15, 0.2) is 0 Å². The molecule has 0 radical (unpaired) electrons. The third-order valence-corrected chi connectivity index (χ3v) is 3.40. The van der Waals surface area contributed by atoms with Crippen molar-refractivity contribution in [2.24, 2.45) is 5.92 Å². The van der Waals surface area contributed by atoms with Gasteiger partial charge in [0.2, 0.25) is 0 Å². The summed E-state index contributed by atoms with van der Waals surface area (Å²) in [6.45, 7) is 0.759. The molecule has 1 rings (SSSR count). The molecule has 2 unspecified atom stereocenters. The quantitative estimate of drug-likeness (QED) is 0.760. The minimum absolute atomic E-state index is 0.263. The van der Waals surface area contributed by atoms with E-state index in [1.165, 1.54) is 0 Å². The largest absolute Gasteiger partial charge is 0.480 e. The zero-order valence-corrected chi connectivity index (χ0v) is 9.81. The minimum Gasteiger partial charge on any atom is -0.480 e. The van der Waals surface area contributed by atoms with Crippen LogP contribution in [0, 0.1) is 5.92 Å². The first-order valence-electron chi connectivity index (χ1n) is 5.80. The van der Waals surface area contributed by atoms with Gasteiger partial charge in [-0.05, 0) is 25.2 Å². The Labute approximate surface area is 98.4 Å². The number of carboxylic acid groups (broad SMARTS) is 1. The molecule has 17 heavy (non-hydrogen) atoms. The van der Waals surface area contributed by atoms with Crippen LogP contribution < -0.4 is 5.32 Å². The molecule has 0 aromatic rings. The second-order valence-electron chi connectivity index (χ2n) is 4.89. The fourth-order valence-electron chi connectivity index (χ4n) is 2.25. The second-order valence-corrected chi connectivity index (χ2v) is 4.89. The van der Waals surface area contributed by atoms with Crippen LogP contribution in [-0.4, -0.2) is 29.3 Å². The molecule has 0 saturated heterocycles. The van der Waals surface area contributed by atoms with Crippen LogP contribution in [0.1, 0.15) is 39.0 Å². The fourth-order valence-corrected chi connectivity index (χ4v) is 2.25. The third-order valence-electron chi connectivity index (χ3n) is 3.40. The van der Waals surface area contributed by atoms with Gasteiger partial charge in [-0.2, -0.15) is 13.2 Å². The number of hydrogen-bond donors (Lipinski definition) is 2. The SMILES string of the molecule is CC1CCCC(NCC(F)(F)F)(C(=O)O)CC1. The van der Waals surface area contributed by atoms with Gasteiger partial charge in [-0.1, -0.05) is 19.8 Å². The van der Waals surface area contributed by atoms with E-state index in [1.54, 1.807) is 0 Å². The van der Waals surface area contributed by atoms with Crippen molar-refractivity contribution in [2.75, 3.05) is 6.54 Å². The zero-order valence-electron chi connectivity index (χ0n) is 9.81. The third kappa shape index (κ3) is 4.18. The van der Waals surface area contributed by atoms with Crippen molar-refractivity contribution >= 4 is 5.97 Å². The molecule has 2 atom stereocenters. The van der Waals surface area contributed by atoms with E-state index in [1.807, 2.05) is 6.92 Å². The normalized spacial score (nSPS) is 30.9. The summed E-state index contributed by atoms with van der Waals surface area (Å²) in [7, 11) is 0. The fraction of sp³-hybridized carbons (Fsp3) is 0.909. The van der Waals surface area contributed by atoms with Crippen LogP contribution in [0.2, 0.25) is 0 Å². The molecule has 1 aliphatic carbocycles. The highest BCUT2D eigenvalue weighted by Crippen LogP contribution is 2.31. The molecule has 1 saturated carbocycles. The number of halogens is 3. The van der Waals surface area contributed by atoms with Crippen LogP contribution in [0.15, 0.2) is 0 Å². The first-order valence-corrected chi connectivity index (χ1v) is 5.80. The van der Waals surface area contributed by atoms with Crippen molar-refractivity contribution in [1.82, 2.24) is 5.32 Å². The van der Waals surface area contributed by atoms with Gasteiger partial charge in [-0.25, -0.2) is 0 Å². The van der Waals surface area contributed by atoms with Gasteiger partial charge in [0.25, 0.3) is 0 Å². The number of nitrogens with one attached hydrogen (secondary N) is 1. The molecule has 100 valence electrons. The Hall–Kier alpha value is -0.780.